The van der Waals surface area contributed by atoms with Gasteiger partial charge in [-0.2, -0.15) is 0 Å². The van der Waals surface area contributed by atoms with Gasteiger partial charge in [0.2, 0.25) is 10.0 Å². The van der Waals surface area contributed by atoms with Crippen LogP contribution in [0.4, 0.5) is 0 Å². The van der Waals surface area contributed by atoms with Crippen LogP contribution in [0.2, 0.25) is 0 Å². The second kappa shape index (κ2) is 7.84. The van der Waals surface area contributed by atoms with Crippen LogP contribution in [0.15, 0.2) is 54.2 Å². The van der Waals surface area contributed by atoms with E-state index < -0.39 is 10.0 Å². The van der Waals surface area contributed by atoms with E-state index in [1.165, 1.54) is 28.7 Å². The summed E-state index contributed by atoms with van der Waals surface area (Å²) >= 11 is 0. The Morgan fingerprint density at radius 1 is 1.10 bits per heavy atom. The normalized spacial score (nSPS) is 20.5. The monoisotopic (exact) mass is 412 g/mol. The molecule has 2 heterocycles. The number of sulfonamides is 1. The number of hydrogen-bond donors (Lipinski definition) is 0. The van der Waals surface area contributed by atoms with Crippen LogP contribution in [0.5, 0.6) is 5.75 Å². The van der Waals surface area contributed by atoms with Gasteiger partial charge in [-0.1, -0.05) is 36.4 Å². The molecule has 1 unspecified atom stereocenters. The molecule has 29 heavy (non-hydrogen) atoms. The molecule has 6 heteroatoms. The minimum Gasteiger partial charge on any atom is -0.497 e. The minimum absolute atomic E-state index is 0.165. The fourth-order valence-electron chi connectivity index (χ4n) is 4.61. The zero-order valence-electron chi connectivity index (χ0n) is 17.3. The summed E-state index contributed by atoms with van der Waals surface area (Å²) in [6.07, 6.45) is 3.18. The second-order valence-electron chi connectivity index (χ2n) is 7.97. The molecule has 1 fully saturated rings. The third kappa shape index (κ3) is 3.91. The molecular weight excluding hydrogens is 384 g/mol. The van der Waals surface area contributed by atoms with Gasteiger partial charge < -0.3 is 9.64 Å². The van der Waals surface area contributed by atoms with E-state index in [2.05, 4.69) is 48.3 Å². The van der Waals surface area contributed by atoms with Crippen molar-refractivity contribution < 1.29 is 13.2 Å². The first-order valence-electron chi connectivity index (χ1n) is 10.0. The van der Waals surface area contributed by atoms with E-state index in [1.807, 2.05) is 12.1 Å². The summed E-state index contributed by atoms with van der Waals surface area (Å²) in [5, 5.41) is 0. The Bertz CT molecular complexity index is 1030. The van der Waals surface area contributed by atoms with Crippen molar-refractivity contribution in [1.82, 2.24) is 9.21 Å². The SMILES string of the molecule is COc1ccc2c(c1)C(c1ccccc1)=C(C1CCCN(S(C)(=O)=O)C1)N(C)C2. The molecule has 154 valence electrons. The van der Waals surface area contributed by atoms with Gasteiger partial charge in [-0.05, 0) is 41.7 Å². The Balaban J connectivity index is 1.89. The van der Waals surface area contributed by atoms with Gasteiger partial charge in [0.15, 0.2) is 0 Å². The zero-order chi connectivity index (χ0) is 20.6. The lowest BCUT2D eigenvalue weighted by Gasteiger charge is -2.40. The lowest BCUT2D eigenvalue weighted by atomic mass is 9.82. The minimum atomic E-state index is -3.20. The number of benzene rings is 2. The molecule has 0 radical (unpaired) electrons. The maximum atomic E-state index is 12.2. The first-order valence-corrected chi connectivity index (χ1v) is 11.9. The van der Waals surface area contributed by atoms with Crippen LogP contribution in [0, 0.1) is 5.92 Å². The van der Waals surface area contributed by atoms with Crippen molar-refractivity contribution in [3.05, 3.63) is 70.9 Å². The van der Waals surface area contributed by atoms with Gasteiger partial charge in [0.1, 0.15) is 5.75 Å². The molecule has 1 atom stereocenters. The summed E-state index contributed by atoms with van der Waals surface area (Å²) in [6.45, 7) is 1.95. The van der Waals surface area contributed by atoms with Crippen LogP contribution < -0.4 is 4.74 Å². The fourth-order valence-corrected chi connectivity index (χ4v) is 5.52. The van der Waals surface area contributed by atoms with Crippen LogP contribution in [-0.2, 0) is 16.6 Å². The first kappa shape index (κ1) is 20.0. The summed E-state index contributed by atoms with van der Waals surface area (Å²) in [6, 6.07) is 16.6. The van der Waals surface area contributed by atoms with Gasteiger partial charge in [-0.15, -0.1) is 0 Å². The summed E-state index contributed by atoms with van der Waals surface area (Å²) < 4.78 is 31.6. The average Bonchev–Trinajstić information content (AvgIpc) is 2.72. The standard InChI is InChI=1S/C23H28N2O3S/c1-24-15-18-11-12-20(28-2)14-21(18)22(17-8-5-4-6-9-17)23(24)19-10-7-13-25(16-19)29(3,26)27/h4-6,8-9,11-12,14,19H,7,10,13,15-16H2,1-3H3. The topological polar surface area (TPSA) is 49.9 Å². The summed E-state index contributed by atoms with van der Waals surface area (Å²) in [4.78, 5) is 2.30. The number of ether oxygens (including phenoxy) is 1. The highest BCUT2D eigenvalue weighted by Gasteiger charge is 2.34. The van der Waals surface area contributed by atoms with E-state index in [0.29, 0.717) is 13.1 Å². The van der Waals surface area contributed by atoms with E-state index in [-0.39, 0.29) is 5.92 Å². The van der Waals surface area contributed by atoms with Crippen molar-refractivity contribution in [3.8, 4) is 5.75 Å². The molecule has 2 aliphatic heterocycles. The number of nitrogens with zero attached hydrogens (tertiary/aromatic N) is 2. The molecule has 0 spiro atoms. The van der Waals surface area contributed by atoms with Gasteiger partial charge in [-0.3, -0.25) is 0 Å². The molecule has 0 N–H and O–H groups in total. The van der Waals surface area contributed by atoms with Crippen LogP contribution in [0.3, 0.4) is 0 Å². The van der Waals surface area contributed by atoms with Crippen molar-refractivity contribution in [1.29, 1.82) is 0 Å². The summed E-state index contributed by atoms with van der Waals surface area (Å²) in [7, 11) is 0.609. The third-order valence-corrected chi connectivity index (χ3v) is 7.23. The molecular formula is C23H28N2O3S. The van der Waals surface area contributed by atoms with E-state index in [4.69, 9.17) is 4.74 Å². The molecule has 4 rings (SSSR count). The zero-order valence-corrected chi connectivity index (χ0v) is 18.1. The Morgan fingerprint density at radius 3 is 2.55 bits per heavy atom. The van der Waals surface area contributed by atoms with Crippen molar-refractivity contribution in [2.45, 2.75) is 19.4 Å². The van der Waals surface area contributed by atoms with E-state index >= 15 is 0 Å². The lowest BCUT2D eigenvalue weighted by molar-refractivity contribution is 0.246. The second-order valence-corrected chi connectivity index (χ2v) is 9.95. The molecule has 0 amide bonds. The highest BCUT2D eigenvalue weighted by atomic mass is 32.2. The Labute approximate surface area is 173 Å². The van der Waals surface area contributed by atoms with Gasteiger partial charge in [0, 0.05) is 43.9 Å². The molecule has 0 aliphatic carbocycles. The van der Waals surface area contributed by atoms with Crippen LogP contribution >= 0.6 is 0 Å². The number of methoxy groups -OCH3 is 1. The number of piperidine rings is 1. The van der Waals surface area contributed by atoms with E-state index in [0.717, 1.165) is 30.7 Å². The predicted octanol–water partition coefficient (Wildman–Crippen LogP) is 3.57. The van der Waals surface area contributed by atoms with Crippen molar-refractivity contribution in [3.63, 3.8) is 0 Å². The Kier molecular flexibility index (Phi) is 5.40. The highest BCUT2D eigenvalue weighted by molar-refractivity contribution is 7.88. The van der Waals surface area contributed by atoms with Gasteiger partial charge >= 0.3 is 0 Å². The number of fused-ring (bicyclic) bond motifs is 1. The molecule has 2 aromatic carbocycles. The molecule has 0 bridgehead atoms. The Morgan fingerprint density at radius 2 is 1.86 bits per heavy atom. The molecule has 1 saturated heterocycles. The molecule has 0 aromatic heterocycles. The van der Waals surface area contributed by atoms with Crippen LogP contribution in [0.1, 0.15) is 29.5 Å². The van der Waals surface area contributed by atoms with Crippen molar-refractivity contribution in [2.75, 3.05) is 33.5 Å². The van der Waals surface area contributed by atoms with Gasteiger partial charge in [-0.25, -0.2) is 12.7 Å². The van der Waals surface area contributed by atoms with Gasteiger partial charge in [0.25, 0.3) is 0 Å². The highest BCUT2D eigenvalue weighted by Crippen LogP contribution is 2.42. The molecule has 2 aliphatic rings. The summed E-state index contributed by atoms with van der Waals surface area (Å²) in [5.41, 5.74) is 6.01. The van der Waals surface area contributed by atoms with E-state index in [9.17, 15) is 8.42 Å². The maximum Gasteiger partial charge on any atom is 0.211 e. The molecule has 2 aromatic rings. The molecule has 5 nitrogen and oxygen atoms in total. The molecule has 0 saturated carbocycles. The third-order valence-electron chi connectivity index (χ3n) is 5.96. The fraction of sp³-hybridized carbons (Fsp3) is 0.391. The van der Waals surface area contributed by atoms with Crippen LogP contribution in [-0.4, -0.2) is 51.1 Å². The smallest absolute Gasteiger partial charge is 0.211 e. The quantitative estimate of drug-likeness (QED) is 0.770. The van der Waals surface area contributed by atoms with E-state index in [1.54, 1.807) is 11.4 Å². The lowest BCUT2D eigenvalue weighted by Crippen LogP contribution is -2.42. The van der Waals surface area contributed by atoms with Crippen LogP contribution in [0.25, 0.3) is 5.57 Å². The maximum absolute atomic E-state index is 12.2. The number of hydrogen-bond acceptors (Lipinski definition) is 4. The predicted molar refractivity (Wildman–Crippen MR) is 116 cm³/mol. The van der Waals surface area contributed by atoms with Crippen molar-refractivity contribution >= 4 is 15.6 Å². The Hall–Kier alpha value is -2.31. The summed E-state index contributed by atoms with van der Waals surface area (Å²) in [5.74, 6) is 1.00. The van der Waals surface area contributed by atoms with Crippen molar-refractivity contribution in [2.24, 2.45) is 5.92 Å². The largest absolute Gasteiger partial charge is 0.497 e. The van der Waals surface area contributed by atoms with Gasteiger partial charge in [0.05, 0.1) is 13.4 Å². The first-order chi connectivity index (χ1) is 13.9. The average molecular weight is 413 g/mol. The number of rotatable bonds is 4.